The van der Waals surface area contributed by atoms with Crippen LogP contribution < -0.4 is 11.1 Å². The van der Waals surface area contributed by atoms with Crippen LogP contribution in [0.2, 0.25) is 0 Å². The molecule has 0 bridgehead atoms. The number of hydrogen-bond acceptors (Lipinski definition) is 5. The summed E-state index contributed by atoms with van der Waals surface area (Å²) in [7, 11) is -2.96. The largest absolute Gasteiger partial charge is 0.480 e. The lowest BCUT2D eigenvalue weighted by molar-refractivity contribution is -0.138. The Morgan fingerprint density at radius 1 is 1.60 bits per heavy atom. The summed E-state index contributed by atoms with van der Waals surface area (Å²) >= 11 is 0. The molecule has 1 aliphatic rings. The monoisotopic (exact) mass is 236 g/mol. The predicted octanol–water partition coefficient (Wildman–Crippen LogP) is -1.43. The van der Waals surface area contributed by atoms with Crippen LogP contribution in [0.4, 0.5) is 0 Å². The first-order valence-corrected chi connectivity index (χ1v) is 6.55. The highest BCUT2D eigenvalue weighted by molar-refractivity contribution is 7.92. The van der Waals surface area contributed by atoms with E-state index < -0.39 is 21.8 Å². The van der Waals surface area contributed by atoms with E-state index in [1.54, 1.807) is 0 Å². The van der Waals surface area contributed by atoms with Crippen LogP contribution >= 0.6 is 0 Å². The number of sulfone groups is 1. The zero-order valence-electron chi connectivity index (χ0n) is 8.35. The van der Waals surface area contributed by atoms with Crippen LogP contribution in [0.1, 0.15) is 12.8 Å². The number of carbonyl (C=O) groups is 1. The first kappa shape index (κ1) is 12.4. The van der Waals surface area contributed by atoms with Gasteiger partial charge in [-0.05, 0) is 12.8 Å². The van der Waals surface area contributed by atoms with E-state index >= 15 is 0 Å². The van der Waals surface area contributed by atoms with E-state index in [1.165, 1.54) is 0 Å². The summed E-state index contributed by atoms with van der Waals surface area (Å²) in [6.45, 7) is 0.394. The Morgan fingerprint density at radius 2 is 2.27 bits per heavy atom. The van der Waals surface area contributed by atoms with Gasteiger partial charge >= 0.3 is 5.97 Å². The van der Waals surface area contributed by atoms with Crippen molar-refractivity contribution in [1.82, 2.24) is 5.32 Å². The summed E-state index contributed by atoms with van der Waals surface area (Å²) in [4.78, 5) is 10.4. The molecule has 0 aromatic rings. The molecule has 6 nitrogen and oxygen atoms in total. The minimum Gasteiger partial charge on any atom is -0.480 e. The van der Waals surface area contributed by atoms with E-state index in [2.05, 4.69) is 5.32 Å². The van der Waals surface area contributed by atoms with Gasteiger partial charge in [-0.2, -0.15) is 0 Å². The van der Waals surface area contributed by atoms with Crippen molar-refractivity contribution >= 4 is 15.8 Å². The van der Waals surface area contributed by atoms with Gasteiger partial charge in [0.1, 0.15) is 6.04 Å². The number of carboxylic acids is 1. The average molecular weight is 236 g/mol. The van der Waals surface area contributed by atoms with E-state index in [0.29, 0.717) is 19.4 Å². The van der Waals surface area contributed by atoms with Crippen LogP contribution in [0.5, 0.6) is 0 Å². The summed E-state index contributed by atoms with van der Waals surface area (Å²) in [5, 5.41) is 10.9. The van der Waals surface area contributed by atoms with Crippen molar-refractivity contribution in [2.45, 2.75) is 24.1 Å². The Labute approximate surface area is 88.8 Å². The molecule has 0 amide bonds. The Kier molecular flexibility index (Phi) is 4.06. The van der Waals surface area contributed by atoms with E-state index in [0.717, 1.165) is 0 Å². The second-order valence-corrected chi connectivity index (χ2v) is 6.13. The van der Waals surface area contributed by atoms with Gasteiger partial charge in [0.05, 0.1) is 11.0 Å². The smallest absolute Gasteiger partial charge is 0.321 e. The SMILES string of the molecule is NC(CNCC1CCCS1(=O)=O)C(=O)O. The third-order valence-corrected chi connectivity index (χ3v) is 4.79. The molecule has 15 heavy (non-hydrogen) atoms. The predicted molar refractivity (Wildman–Crippen MR) is 55.3 cm³/mol. The van der Waals surface area contributed by atoms with Gasteiger partial charge in [-0.3, -0.25) is 4.79 Å². The molecule has 1 heterocycles. The number of aliphatic carboxylic acids is 1. The number of carboxylic acid groups (broad SMARTS) is 1. The maximum atomic E-state index is 11.4. The highest BCUT2D eigenvalue weighted by Crippen LogP contribution is 2.18. The lowest BCUT2D eigenvalue weighted by Gasteiger charge is -2.12. The molecule has 0 saturated carbocycles. The van der Waals surface area contributed by atoms with Crippen LogP contribution in [-0.4, -0.2) is 49.6 Å². The van der Waals surface area contributed by atoms with Gasteiger partial charge in [0.15, 0.2) is 9.84 Å². The molecule has 2 unspecified atom stereocenters. The number of nitrogens with one attached hydrogen (secondary N) is 1. The lowest BCUT2D eigenvalue weighted by atomic mass is 10.2. The fraction of sp³-hybridized carbons (Fsp3) is 0.875. The fourth-order valence-corrected chi connectivity index (χ4v) is 3.37. The Morgan fingerprint density at radius 3 is 2.73 bits per heavy atom. The van der Waals surface area contributed by atoms with Crippen LogP contribution in [0.25, 0.3) is 0 Å². The third-order valence-electron chi connectivity index (χ3n) is 2.52. The van der Waals surface area contributed by atoms with Gasteiger partial charge < -0.3 is 16.2 Å². The molecule has 0 radical (unpaired) electrons. The zero-order chi connectivity index (χ0) is 11.5. The van der Waals surface area contributed by atoms with Crippen molar-refractivity contribution in [3.63, 3.8) is 0 Å². The van der Waals surface area contributed by atoms with Crippen molar-refractivity contribution in [3.8, 4) is 0 Å². The molecule has 0 spiro atoms. The average Bonchev–Trinajstić information content (AvgIpc) is 2.45. The van der Waals surface area contributed by atoms with Crippen LogP contribution in [-0.2, 0) is 14.6 Å². The minimum absolute atomic E-state index is 0.0986. The summed E-state index contributed by atoms with van der Waals surface area (Å²) < 4.78 is 22.8. The summed E-state index contributed by atoms with van der Waals surface area (Å²) in [5.41, 5.74) is 5.26. The topological polar surface area (TPSA) is 109 Å². The number of hydrogen-bond donors (Lipinski definition) is 3. The molecule has 1 saturated heterocycles. The number of rotatable bonds is 5. The first-order chi connectivity index (χ1) is 6.93. The van der Waals surface area contributed by atoms with Gasteiger partial charge in [0.25, 0.3) is 0 Å². The maximum Gasteiger partial charge on any atom is 0.321 e. The summed E-state index contributed by atoms with van der Waals surface area (Å²) in [6, 6.07) is -0.978. The van der Waals surface area contributed by atoms with Gasteiger partial charge in [-0.15, -0.1) is 0 Å². The molecule has 1 rings (SSSR count). The van der Waals surface area contributed by atoms with E-state index in [9.17, 15) is 13.2 Å². The van der Waals surface area contributed by atoms with Crippen LogP contribution in [0.3, 0.4) is 0 Å². The molecule has 0 aromatic heterocycles. The zero-order valence-corrected chi connectivity index (χ0v) is 9.16. The molecular formula is C8H16N2O4S. The first-order valence-electron chi connectivity index (χ1n) is 4.84. The molecule has 7 heteroatoms. The van der Waals surface area contributed by atoms with E-state index in [4.69, 9.17) is 10.8 Å². The molecule has 88 valence electrons. The maximum absolute atomic E-state index is 11.4. The third kappa shape index (κ3) is 3.44. The second-order valence-electron chi connectivity index (χ2n) is 3.73. The summed E-state index contributed by atoms with van der Waals surface area (Å²) in [5.74, 6) is -0.846. The van der Waals surface area contributed by atoms with Crippen LogP contribution in [0.15, 0.2) is 0 Å². The second kappa shape index (κ2) is 4.91. The fourth-order valence-electron chi connectivity index (χ4n) is 1.57. The standard InChI is InChI=1S/C8H16N2O4S/c9-7(8(11)12)5-10-4-6-2-1-3-15(6,13)14/h6-7,10H,1-5,9H2,(H,11,12). The van der Waals surface area contributed by atoms with Gasteiger partial charge in [-0.1, -0.05) is 0 Å². The lowest BCUT2D eigenvalue weighted by Crippen LogP contribution is -2.43. The van der Waals surface area contributed by atoms with Crippen molar-refractivity contribution in [1.29, 1.82) is 0 Å². The summed E-state index contributed by atoms with van der Waals surface area (Å²) in [6.07, 6.45) is 1.34. The Hall–Kier alpha value is -0.660. The molecule has 0 aliphatic carbocycles. The van der Waals surface area contributed by atoms with Crippen molar-refractivity contribution in [2.24, 2.45) is 5.73 Å². The molecule has 2 atom stereocenters. The highest BCUT2D eigenvalue weighted by Gasteiger charge is 2.30. The molecule has 4 N–H and O–H groups in total. The van der Waals surface area contributed by atoms with Gasteiger partial charge in [-0.25, -0.2) is 8.42 Å². The van der Waals surface area contributed by atoms with Gasteiger partial charge in [0, 0.05) is 13.1 Å². The van der Waals surface area contributed by atoms with Crippen molar-refractivity contribution < 1.29 is 18.3 Å². The molecule has 1 aliphatic heterocycles. The quantitative estimate of drug-likeness (QED) is 0.539. The Balaban J connectivity index is 2.29. The molecule has 1 fully saturated rings. The number of nitrogens with two attached hydrogens (primary N) is 1. The van der Waals surface area contributed by atoms with E-state index in [-0.39, 0.29) is 17.5 Å². The molecular weight excluding hydrogens is 220 g/mol. The van der Waals surface area contributed by atoms with E-state index in [1.807, 2.05) is 0 Å². The minimum atomic E-state index is -2.96. The van der Waals surface area contributed by atoms with Crippen molar-refractivity contribution in [3.05, 3.63) is 0 Å². The highest BCUT2D eigenvalue weighted by atomic mass is 32.2. The van der Waals surface area contributed by atoms with Gasteiger partial charge in [0.2, 0.25) is 0 Å². The normalized spacial score (nSPS) is 26.3. The van der Waals surface area contributed by atoms with Crippen molar-refractivity contribution in [2.75, 3.05) is 18.8 Å². The van der Waals surface area contributed by atoms with Crippen LogP contribution in [0, 0.1) is 0 Å². The Bertz CT molecular complexity index is 328. The molecule has 0 aromatic carbocycles.